The lowest BCUT2D eigenvalue weighted by molar-refractivity contribution is -0.141. The third-order valence-corrected chi connectivity index (χ3v) is 3.72. The number of rotatable bonds is 3. The highest BCUT2D eigenvalue weighted by Gasteiger charge is 2.17. The summed E-state index contributed by atoms with van der Waals surface area (Å²) >= 11 is 1.20. The SMILES string of the molecule is COC(=O)CN(C)C(=O)c1cc2ccc(F)cc2s1. The molecule has 0 bridgehead atoms. The van der Waals surface area contributed by atoms with Gasteiger partial charge in [-0.05, 0) is 23.6 Å². The summed E-state index contributed by atoms with van der Waals surface area (Å²) in [7, 11) is 2.78. The first kappa shape index (κ1) is 13.5. The Balaban J connectivity index is 2.23. The van der Waals surface area contributed by atoms with Crippen LogP contribution in [-0.2, 0) is 9.53 Å². The maximum atomic E-state index is 13.1. The van der Waals surface area contributed by atoms with Gasteiger partial charge in [-0.2, -0.15) is 0 Å². The van der Waals surface area contributed by atoms with Gasteiger partial charge >= 0.3 is 5.97 Å². The van der Waals surface area contributed by atoms with Crippen LogP contribution in [0.3, 0.4) is 0 Å². The Bertz CT molecular complexity index is 638. The van der Waals surface area contributed by atoms with Crippen LogP contribution in [0.15, 0.2) is 24.3 Å². The molecule has 0 saturated carbocycles. The highest BCUT2D eigenvalue weighted by atomic mass is 32.1. The lowest BCUT2D eigenvalue weighted by Crippen LogP contribution is -2.32. The van der Waals surface area contributed by atoms with Crippen LogP contribution in [0, 0.1) is 5.82 Å². The van der Waals surface area contributed by atoms with Crippen molar-refractivity contribution in [3.05, 3.63) is 35.0 Å². The van der Waals surface area contributed by atoms with E-state index in [4.69, 9.17) is 0 Å². The molecule has 0 saturated heterocycles. The number of hydrogen-bond donors (Lipinski definition) is 0. The number of methoxy groups -OCH3 is 1. The predicted molar refractivity (Wildman–Crippen MR) is 70.8 cm³/mol. The summed E-state index contributed by atoms with van der Waals surface area (Å²) in [6.07, 6.45) is 0. The van der Waals surface area contributed by atoms with Crippen molar-refractivity contribution in [1.29, 1.82) is 0 Å². The van der Waals surface area contributed by atoms with Gasteiger partial charge < -0.3 is 9.64 Å². The van der Waals surface area contributed by atoms with Crippen molar-refractivity contribution in [3.8, 4) is 0 Å². The van der Waals surface area contributed by atoms with E-state index in [1.54, 1.807) is 12.1 Å². The normalized spacial score (nSPS) is 10.5. The average molecular weight is 281 g/mol. The number of likely N-dealkylation sites (N-methyl/N-ethyl adjacent to an activating group) is 1. The summed E-state index contributed by atoms with van der Waals surface area (Å²) in [5.74, 6) is -1.11. The largest absolute Gasteiger partial charge is 0.468 e. The van der Waals surface area contributed by atoms with Gasteiger partial charge in [0.2, 0.25) is 0 Å². The Kier molecular flexibility index (Phi) is 3.80. The van der Waals surface area contributed by atoms with Crippen molar-refractivity contribution in [2.45, 2.75) is 0 Å². The molecule has 2 aromatic rings. The first-order chi connectivity index (χ1) is 9.01. The monoisotopic (exact) mass is 281 g/mol. The smallest absolute Gasteiger partial charge is 0.325 e. The van der Waals surface area contributed by atoms with Crippen LogP contribution in [0.1, 0.15) is 9.67 Å². The number of halogens is 1. The lowest BCUT2D eigenvalue weighted by Gasteiger charge is -2.13. The van der Waals surface area contributed by atoms with Gasteiger partial charge in [0.15, 0.2) is 0 Å². The van der Waals surface area contributed by atoms with E-state index >= 15 is 0 Å². The zero-order valence-corrected chi connectivity index (χ0v) is 11.3. The molecule has 0 atom stereocenters. The Morgan fingerprint density at radius 2 is 2.11 bits per heavy atom. The molecule has 100 valence electrons. The predicted octanol–water partition coefficient (Wildman–Crippen LogP) is 2.29. The summed E-state index contributed by atoms with van der Waals surface area (Å²) in [6.45, 7) is -0.113. The second-order valence-corrected chi connectivity index (χ2v) is 5.11. The summed E-state index contributed by atoms with van der Waals surface area (Å²) < 4.78 is 18.3. The molecule has 4 nitrogen and oxygen atoms in total. The number of amides is 1. The van der Waals surface area contributed by atoms with Crippen LogP contribution >= 0.6 is 11.3 Å². The number of ether oxygens (including phenoxy) is 1. The second-order valence-electron chi connectivity index (χ2n) is 4.03. The van der Waals surface area contributed by atoms with Gasteiger partial charge in [-0.25, -0.2) is 4.39 Å². The van der Waals surface area contributed by atoms with Gasteiger partial charge in [-0.1, -0.05) is 6.07 Å². The van der Waals surface area contributed by atoms with Crippen LogP contribution in [0.5, 0.6) is 0 Å². The third-order valence-electron chi connectivity index (χ3n) is 2.63. The number of fused-ring (bicyclic) bond motifs is 1. The summed E-state index contributed by atoms with van der Waals surface area (Å²) in [5.41, 5.74) is 0. The van der Waals surface area contributed by atoms with E-state index < -0.39 is 5.97 Å². The van der Waals surface area contributed by atoms with E-state index in [0.717, 1.165) is 5.39 Å². The number of benzene rings is 1. The molecule has 1 aromatic carbocycles. The molecule has 0 aliphatic heterocycles. The van der Waals surface area contributed by atoms with E-state index in [-0.39, 0.29) is 18.3 Å². The van der Waals surface area contributed by atoms with E-state index in [1.165, 1.54) is 42.5 Å². The Labute approximate surface area is 113 Å². The second kappa shape index (κ2) is 5.36. The molecule has 0 fully saturated rings. The molecule has 1 heterocycles. The van der Waals surface area contributed by atoms with E-state index in [0.29, 0.717) is 9.58 Å². The molecule has 0 radical (unpaired) electrons. The Hall–Kier alpha value is -1.95. The summed E-state index contributed by atoms with van der Waals surface area (Å²) in [6, 6.07) is 6.05. The number of carbonyl (C=O) groups excluding carboxylic acids is 2. The fourth-order valence-electron chi connectivity index (χ4n) is 1.63. The Morgan fingerprint density at radius 1 is 1.37 bits per heavy atom. The zero-order valence-electron chi connectivity index (χ0n) is 10.5. The number of esters is 1. The van der Waals surface area contributed by atoms with Crippen molar-refractivity contribution in [2.24, 2.45) is 0 Å². The van der Waals surface area contributed by atoms with E-state index in [1.807, 2.05) is 0 Å². The minimum atomic E-state index is -0.483. The zero-order chi connectivity index (χ0) is 14.0. The Morgan fingerprint density at radius 3 is 2.79 bits per heavy atom. The van der Waals surface area contributed by atoms with Crippen molar-refractivity contribution in [1.82, 2.24) is 4.90 Å². The number of thiophene rings is 1. The van der Waals surface area contributed by atoms with Gasteiger partial charge in [0.1, 0.15) is 12.4 Å². The average Bonchev–Trinajstić information content (AvgIpc) is 2.80. The lowest BCUT2D eigenvalue weighted by atomic mass is 10.2. The number of carbonyl (C=O) groups is 2. The van der Waals surface area contributed by atoms with Crippen LogP contribution in [-0.4, -0.2) is 37.5 Å². The first-order valence-corrected chi connectivity index (χ1v) is 6.34. The fourth-order valence-corrected chi connectivity index (χ4v) is 2.71. The minimum Gasteiger partial charge on any atom is -0.468 e. The van der Waals surface area contributed by atoms with Crippen LogP contribution in [0.2, 0.25) is 0 Å². The molecule has 0 aliphatic carbocycles. The van der Waals surface area contributed by atoms with Gasteiger partial charge in [-0.3, -0.25) is 9.59 Å². The molecule has 0 unspecified atom stereocenters. The summed E-state index contributed by atoms with van der Waals surface area (Å²) in [5, 5.41) is 0.807. The third kappa shape index (κ3) is 2.90. The quantitative estimate of drug-likeness (QED) is 0.811. The molecule has 0 N–H and O–H groups in total. The van der Waals surface area contributed by atoms with E-state index in [2.05, 4.69) is 4.74 Å². The van der Waals surface area contributed by atoms with Crippen molar-refractivity contribution in [2.75, 3.05) is 20.7 Å². The number of hydrogen-bond acceptors (Lipinski definition) is 4. The highest BCUT2D eigenvalue weighted by molar-refractivity contribution is 7.20. The fraction of sp³-hybridized carbons (Fsp3) is 0.231. The molecule has 2 rings (SSSR count). The minimum absolute atomic E-state index is 0.113. The number of nitrogens with zero attached hydrogens (tertiary/aromatic N) is 1. The molecule has 1 amide bonds. The standard InChI is InChI=1S/C13H12FNO3S/c1-15(7-12(16)18-2)13(17)11-5-8-3-4-9(14)6-10(8)19-11/h3-6H,7H2,1-2H3. The molecule has 19 heavy (non-hydrogen) atoms. The van der Waals surface area contributed by atoms with Gasteiger partial charge in [0, 0.05) is 11.7 Å². The molecule has 0 spiro atoms. The summed E-state index contributed by atoms with van der Waals surface area (Å²) in [4.78, 5) is 24.9. The molecule has 6 heteroatoms. The van der Waals surface area contributed by atoms with E-state index in [9.17, 15) is 14.0 Å². The van der Waals surface area contributed by atoms with Gasteiger partial charge in [-0.15, -0.1) is 11.3 Å². The van der Waals surface area contributed by atoms with Gasteiger partial charge in [0.05, 0.1) is 12.0 Å². The maximum absolute atomic E-state index is 13.1. The maximum Gasteiger partial charge on any atom is 0.325 e. The molecular weight excluding hydrogens is 269 g/mol. The first-order valence-electron chi connectivity index (χ1n) is 5.52. The van der Waals surface area contributed by atoms with Crippen molar-refractivity contribution >= 4 is 33.3 Å². The molecule has 1 aromatic heterocycles. The molecular formula is C13H12FNO3S. The highest BCUT2D eigenvalue weighted by Crippen LogP contribution is 2.27. The van der Waals surface area contributed by atoms with Crippen LogP contribution in [0.25, 0.3) is 10.1 Å². The topological polar surface area (TPSA) is 46.6 Å². The van der Waals surface area contributed by atoms with Crippen molar-refractivity contribution in [3.63, 3.8) is 0 Å². The molecule has 0 aliphatic rings. The van der Waals surface area contributed by atoms with Gasteiger partial charge in [0.25, 0.3) is 5.91 Å². The van der Waals surface area contributed by atoms with Crippen molar-refractivity contribution < 1.29 is 18.7 Å². The van der Waals surface area contributed by atoms with Crippen LogP contribution < -0.4 is 0 Å². The van der Waals surface area contributed by atoms with Crippen LogP contribution in [0.4, 0.5) is 4.39 Å².